The van der Waals surface area contributed by atoms with Crippen molar-refractivity contribution in [3.63, 3.8) is 0 Å². The van der Waals surface area contributed by atoms with Crippen LogP contribution in [0, 0.1) is 0 Å². The van der Waals surface area contributed by atoms with E-state index in [4.69, 9.17) is 0 Å². The maximum Gasteiger partial charge on any atom is 3.00 e. The van der Waals surface area contributed by atoms with Gasteiger partial charge in [-0.3, -0.25) is 4.98 Å². The number of nitrogens with zero attached hydrogens (tertiary/aromatic N) is 1. The van der Waals surface area contributed by atoms with Gasteiger partial charge in [0.2, 0.25) is 0 Å². The minimum Gasteiger partial charge on any atom is -1.00 e. The van der Waals surface area contributed by atoms with Gasteiger partial charge in [-0.25, -0.2) is 0 Å². The van der Waals surface area contributed by atoms with Gasteiger partial charge in [0.1, 0.15) is 0 Å². The van der Waals surface area contributed by atoms with Gasteiger partial charge in [-0.2, -0.15) is 6.07 Å². The molecule has 0 spiro atoms. The molecule has 0 aliphatic rings. The predicted molar refractivity (Wildman–Crippen MR) is 76.8 cm³/mol. The number of hydrogen-bond acceptors (Lipinski definition) is 1. The van der Waals surface area contributed by atoms with Gasteiger partial charge in [0.25, 0.3) is 0 Å². The number of aryl methyl sites for hydroxylation is 1. The van der Waals surface area contributed by atoms with E-state index in [-0.39, 0.29) is 51.0 Å². The fourth-order valence-corrected chi connectivity index (χ4v) is 2.48. The minimum atomic E-state index is 0. The monoisotopic (exact) mass is 394 g/mol. The van der Waals surface area contributed by atoms with E-state index in [9.17, 15) is 0 Å². The van der Waals surface area contributed by atoms with E-state index in [2.05, 4.69) is 48.3 Å². The second kappa shape index (κ2) is 9.46. The van der Waals surface area contributed by atoms with Crippen molar-refractivity contribution < 1.29 is 51.0 Å². The van der Waals surface area contributed by atoms with Crippen LogP contribution >= 0.6 is 0 Å². The second-order valence-corrected chi connectivity index (χ2v) is 4.64. The normalized spacial score (nSPS) is 9.38. The van der Waals surface area contributed by atoms with Crippen molar-refractivity contribution in [3.8, 4) is 11.3 Å². The Kier molecular flexibility index (Phi) is 9.21. The van der Waals surface area contributed by atoms with E-state index in [0.717, 1.165) is 12.1 Å². The fraction of sp³-hybridized carbons (Fsp3) is 0.176. The molecule has 0 saturated heterocycles. The van der Waals surface area contributed by atoms with Crippen LogP contribution in [0.2, 0.25) is 0 Å². The van der Waals surface area contributed by atoms with Gasteiger partial charge in [-0.1, -0.05) is 25.5 Å². The van der Waals surface area contributed by atoms with Gasteiger partial charge in [-0.15, -0.1) is 34.5 Å². The van der Waals surface area contributed by atoms with Crippen LogP contribution in [-0.4, -0.2) is 4.98 Å². The van der Waals surface area contributed by atoms with Gasteiger partial charge in [0.15, 0.2) is 0 Å². The summed E-state index contributed by atoms with van der Waals surface area (Å²) >= 11 is 0. The third kappa shape index (κ3) is 4.45. The van der Waals surface area contributed by atoms with E-state index in [1.807, 2.05) is 18.3 Å². The first-order chi connectivity index (χ1) is 8.88. The molecule has 1 nitrogen and oxygen atoms in total. The number of fused-ring (bicyclic) bond motifs is 1. The van der Waals surface area contributed by atoms with Crippen LogP contribution in [0.4, 0.5) is 0 Å². The molecule has 0 unspecified atom stereocenters. The summed E-state index contributed by atoms with van der Waals surface area (Å²) < 4.78 is 0. The van der Waals surface area contributed by atoms with Crippen LogP contribution in [0.1, 0.15) is 18.9 Å². The number of halogens is 2. The van der Waals surface area contributed by atoms with Crippen molar-refractivity contribution in [1.29, 1.82) is 0 Å². The molecule has 0 bridgehead atoms. The molecule has 0 aliphatic heterocycles. The van der Waals surface area contributed by atoms with E-state index in [1.54, 1.807) is 0 Å². The molecule has 21 heavy (non-hydrogen) atoms. The molecule has 2 aromatic carbocycles. The maximum atomic E-state index is 4.45. The molecule has 0 aliphatic carbocycles. The van der Waals surface area contributed by atoms with Crippen LogP contribution in [-0.2, 0) is 32.6 Å². The van der Waals surface area contributed by atoms with Gasteiger partial charge in [0, 0.05) is 6.20 Å². The molecule has 3 aromatic rings. The van der Waals surface area contributed by atoms with Crippen LogP contribution in [0.3, 0.4) is 0 Å². The standard InChI is InChI=1S/C17H16N.2ClH.Zr/c1-2-6-13-11-14-7-5-8-15(16(14)12-13)17-9-3-4-10-18-17;;;/h3-5,7-12H,2,6H2,1H3;2*1H;/q-1;;;+3/p-2. The molecule has 0 amide bonds. The van der Waals surface area contributed by atoms with Crippen molar-refractivity contribution in [2.75, 3.05) is 0 Å². The Morgan fingerprint density at radius 2 is 1.86 bits per heavy atom. The van der Waals surface area contributed by atoms with Crippen molar-refractivity contribution in [2.45, 2.75) is 19.8 Å². The zero-order chi connectivity index (χ0) is 12.4. The van der Waals surface area contributed by atoms with Gasteiger partial charge in [0.05, 0.1) is 5.69 Å². The third-order valence-electron chi connectivity index (χ3n) is 3.29. The molecule has 0 fully saturated rings. The third-order valence-corrected chi connectivity index (χ3v) is 3.29. The molecule has 1 aromatic heterocycles. The Balaban J connectivity index is 0.00000133. The molecular formula is C17H16Cl2NZr. The summed E-state index contributed by atoms with van der Waals surface area (Å²) in [5.41, 5.74) is 3.71. The molecule has 1 heterocycles. The topological polar surface area (TPSA) is 12.9 Å². The van der Waals surface area contributed by atoms with E-state index >= 15 is 0 Å². The summed E-state index contributed by atoms with van der Waals surface area (Å²) in [5.74, 6) is 0. The predicted octanol–water partition coefficient (Wildman–Crippen LogP) is -1.42. The summed E-state index contributed by atoms with van der Waals surface area (Å²) in [4.78, 5) is 4.45. The number of rotatable bonds is 3. The van der Waals surface area contributed by atoms with Crippen molar-refractivity contribution in [2.24, 2.45) is 0 Å². The second-order valence-electron chi connectivity index (χ2n) is 4.64. The molecule has 1 radical (unpaired) electrons. The molecule has 0 saturated carbocycles. The SMILES string of the molecule is CCCc1cc2c(-c3ccccn3)cccc2[cH-]1.[Cl-].[Cl-].[Zr+3]. The van der Waals surface area contributed by atoms with Crippen LogP contribution in [0.15, 0.2) is 54.7 Å². The van der Waals surface area contributed by atoms with Crippen LogP contribution < -0.4 is 24.8 Å². The minimum absolute atomic E-state index is 0. The zero-order valence-electron chi connectivity index (χ0n) is 11.8. The quantitative estimate of drug-likeness (QED) is 0.496. The van der Waals surface area contributed by atoms with Crippen LogP contribution in [0.5, 0.6) is 0 Å². The Morgan fingerprint density at radius 3 is 2.52 bits per heavy atom. The molecule has 4 heteroatoms. The van der Waals surface area contributed by atoms with Crippen molar-refractivity contribution >= 4 is 10.8 Å². The van der Waals surface area contributed by atoms with Crippen molar-refractivity contribution in [1.82, 2.24) is 4.98 Å². The molecule has 107 valence electrons. The maximum absolute atomic E-state index is 4.45. The summed E-state index contributed by atoms with van der Waals surface area (Å²) in [5, 5.41) is 2.64. The average Bonchev–Trinajstić information content (AvgIpc) is 2.82. The van der Waals surface area contributed by atoms with E-state index < -0.39 is 0 Å². The fourth-order valence-electron chi connectivity index (χ4n) is 2.48. The molecular weight excluding hydrogens is 380 g/mol. The largest absolute Gasteiger partial charge is 3.00 e. The summed E-state index contributed by atoms with van der Waals surface area (Å²) in [6, 6.07) is 17.1. The molecule has 0 atom stereocenters. The smallest absolute Gasteiger partial charge is 1.00 e. The number of hydrogen-bond donors (Lipinski definition) is 0. The molecule has 3 rings (SSSR count). The van der Waals surface area contributed by atoms with Gasteiger partial charge in [-0.05, 0) is 24.1 Å². The number of benzene rings is 1. The first-order valence-corrected chi connectivity index (χ1v) is 6.48. The van der Waals surface area contributed by atoms with Gasteiger partial charge < -0.3 is 24.8 Å². The first-order valence-electron chi connectivity index (χ1n) is 6.48. The zero-order valence-corrected chi connectivity index (χ0v) is 15.8. The van der Waals surface area contributed by atoms with Crippen molar-refractivity contribution in [3.05, 3.63) is 60.3 Å². The Bertz CT molecular complexity index is 665. The van der Waals surface area contributed by atoms with Crippen LogP contribution in [0.25, 0.3) is 22.0 Å². The Hall–Kier alpha value is -0.557. The summed E-state index contributed by atoms with van der Waals surface area (Å²) in [6.45, 7) is 2.22. The number of pyridine rings is 1. The summed E-state index contributed by atoms with van der Waals surface area (Å²) in [6.07, 6.45) is 4.19. The number of aromatic nitrogens is 1. The van der Waals surface area contributed by atoms with E-state index in [1.165, 1.54) is 28.3 Å². The van der Waals surface area contributed by atoms with Gasteiger partial charge >= 0.3 is 26.2 Å². The average molecular weight is 396 g/mol. The Morgan fingerprint density at radius 1 is 1.05 bits per heavy atom. The first kappa shape index (κ1) is 20.4. The summed E-state index contributed by atoms with van der Waals surface area (Å²) in [7, 11) is 0. The Labute approximate surface area is 157 Å². The molecule has 0 N–H and O–H groups in total. The van der Waals surface area contributed by atoms with E-state index in [0.29, 0.717) is 0 Å².